The fourth-order valence-electron chi connectivity index (χ4n) is 3.28. The molecule has 8 heteroatoms. The maximum Gasteiger partial charge on any atom is 0.243 e. The molecule has 0 spiro atoms. The molecule has 0 bridgehead atoms. The van der Waals surface area contributed by atoms with Crippen molar-refractivity contribution >= 4 is 23.2 Å². The molecule has 1 heterocycles. The molecule has 3 rings (SSSR count). The summed E-state index contributed by atoms with van der Waals surface area (Å²) in [5, 5.41) is 5.82. The summed E-state index contributed by atoms with van der Waals surface area (Å²) in [4.78, 5) is 20.8. The SMILES string of the molecule is CN=C(NCC(=O)Nc1ccc(F)cc1)N1CCN(c2ccccc2OC)CC1. The van der Waals surface area contributed by atoms with Crippen LogP contribution in [0.5, 0.6) is 5.75 Å². The van der Waals surface area contributed by atoms with Gasteiger partial charge in [0.1, 0.15) is 11.6 Å². The molecule has 1 aliphatic heterocycles. The van der Waals surface area contributed by atoms with Crippen molar-refractivity contribution < 1.29 is 13.9 Å². The van der Waals surface area contributed by atoms with Crippen LogP contribution >= 0.6 is 0 Å². The number of aliphatic imine (C=N–C) groups is 1. The number of nitrogens with zero attached hydrogens (tertiary/aromatic N) is 3. The highest BCUT2D eigenvalue weighted by atomic mass is 19.1. The van der Waals surface area contributed by atoms with E-state index >= 15 is 0 Å². The molecule has 0 aliphatic carbocycles. The molecule has 7 nitrogen and oxygen atoms in total. The van der Waals surface area contributed by atoms with Crippen molar-refractivity contribution in [2.45, 2.75) is 0 Å². The third-order valence-corrected chi connectivity index (χ3v) is 4.75. The third-order valence-electron chi connectivity index (χ3n) is 4.75. The van der Waals surface area contributed by atoms with E-state index in [1.807, 2.05) is 18.2 Å². The summed E-state index contributed by atoms with van der Waals surface area (Å²) < 4.78 is 18.4. The van der Waals surface area contributed by atoms with E-state index in [1.54, 1.807) is 14.2 Å². The van der Waals surface area contributed by atoms with Crippen LogP contribution in [0.15, 0.2) is 53.5 Å². The summed E-state index contributed by atoms with van der Waals surface area (Å²) in [6.45, 7) is 3.27. The van der Waals surface area contributed by atoms with Crippen molar-refractivity contribution in [2.24, 2.45) is 4.99 Å². The Morgan fingerprint density at radius 2 is 1.79 bits per heavy atom. The lowest BCUT2D eigenvalue weighted by molar-refractivity contribution is -0.115. The number of methoxy groups -OCH3 is 1. The van der Waals surface area contributed by atoms with Gasteiger partial charge in [-0.3, -0.25) is 9.79 Å². The van der Waals surface area contributed by atoms with E-state index in [1.165, 1.54) is 24.3 Å². The Kier molecular flexibility index (Phi) is 6.89. The number of ether oxygens (including phenoxy) is 1. The number of para-hydroxylation sites is 2. The summed E-state index contributed by atoms with van der Waals surface area (Å²) >= 11 is 0. The van der Waals surface area contributed by atoms with Gasteiger partial charge in [0.05, 0.1) is 19.3 Å². The van der Waals surface area contributed by atoms with Crippen LogP contribution < -0.4 is 20.3 Å². The predicted molar refractivity (Wildman–Crippen MR) is 113 cm³/mol. The Bertz CT molecular complexity index is 848. The maximum absolute atomic E-state index is 13.0. The van der Waals surface area contributed by atoms with Gasteiger partial charge in [0.25, 0.3) is 0 Å². The van der Waals surface area contributed by atoms with Gasteiger partial charge >= 0.3 is 0 Å². The lowest BCUT2D eigenvalue weighted by atomic mass is 10.2. The van der Waals surface area contributed by atoms with Gasteiger partial charge in [-0.1, -0.05) is 12.1 Å². The fraction of sp³-hybridized carbons (Fsp3) is 0.333. The minimum atomic E-state index is -0.339. The second-order valence-electron chi connectivity index (χ2n) is 6.60. The van der Waals surface area contributed by atoms with Crippen molar-refractivity contribution in [3.63, 3.8) is 0 Å². The molecular weight excluding hydrogens is 373 g/mol. The lowest BCUT2D eigenvalue weighted by Gasteiger charge is -2.38. The first-order chi connectivity index (χ1) is 14.1. The number of amides is 1. The van der Waals surface area contributed by atoms with E-state index in [0.29, 0.717) is 11.6 Å². The van der Waals surface area contributed by atoms with Gasteiger partial charge in [-0.15, -0.1) is 0 Å². The highest BCUT2D eigenvalue weighted by molar-refractivity contribution is 5.95. The molecule has 0 atom stereocenters. The molecule has 2 aromatic carbocycles. The van der Waals surface area contributed by atoms with Crippen molar-refractivity contribution in [1.82, 2.24) is 10.2 Å². The van der Waals surface area contributed by atoms with E-state index in [-0.39, 0.29) is 18.3 Å². The summed E-state index contributed by atoms with van der Waals surface area (Å²) in [6.07, 6.45) is 0. The van der Waals surface area contributed by atoms with Crippen LogP contribution in [-0.4, -0.2) is 63.6 Å². The summed E-state index contributed by atoms with van der Waals surface area (Å²) in [7, 11) is 3.38. The second kappa shape index (κ2) is 9.77. The molecule has 0 aromatic heterocycles. The van der Waals surface area contributed by atoms with Crippen LogP contribution in [0.25, 0.3) is 0 Å². The Labute approximate surface area is 170 Å². The lowest BCUT2D eigenvalue weighted by Crippen LogP contribution is -2.53. The zero-order valence-corrected chi connectivity index (χ0v) is 16.7. The molecule has 1 fully saturated rings. The van der Waals surface area contributed by atoms with Gasteiger partial charge in [0.15, 0.2) is 5.96 Å². The van der Waals surface area contributed by atoms with Crippen LogP contribution in [0, 0.1) is 5.82 Å². The largest absolute Gasteiger partial charge is 0.495 e. The molecule has 1 amide bonds. The van der Waals surface area contributed by atoms with Gasteiger partial charge < -0.3 is 25.2 Å². The van der Waals surface area contributed by atoms with Crippen molar-refractivity contribution in [3.05, 3.63) is 54.3 Å². The monoisotopic (exact) mass is 399 g/mol. The van der Waals surface area contributed by atoms with Crippen molar-refractivity contribution in [3.8, 4) is 5.75 Å². The first-order valence-electron chi connectivity index (χ1n) is 9.49. The number of benzene rings is 2. The number of hydrogen-bond acceptors (Lipinski definition) is 4. The summed E-state index contributed by atoms with van der Waals surface area (Å²) in [5.41, 5.74) is 1.63. The molecule has 2 aromatic rings. The predicted octanol–water partition coefficient (Wildman–Crippen LogP) is 2.17. The number of carbonyl (C=O) groups excluding carboxylic acids is 1. The van der Waals surface area contributed by atoms with Gasteiger partial charge in [-0.2, -0.15) is 0 Å². The van der Waals surface area contributed by atoms with Crippen molar-refractivity contribution in [1.29, 1.82) is 0 Å². The van der Waals surface area contributed by atoms with E-state index < -0.39 is 0 Å². The smallest absolute Gasteiger partial charge is 0.243 e. The zero-order valence-electron chi connectivity index (χ0n) is 16.7. The quantitative estimate of drug-likeness (QED) is 0.596. The second-order valence-corrected chi connectivity index (χ2v) is 6.60. The average molecular weight is 399 g/mol. The molecule has 1 saturated heterocycles. The normalized spacial score (nSPS) is 14.5. The number of anilines is 2. The molecule has 2 N–H and O–H groups in total. The third kappa shape index (κ3) is 5.37. The number of piperazine rings is 1. The fourth-order valence-corrected chi connectivity index (χ4v) is 3.28. The van der Waals surface area contributed by atoms with E-state index in [0.717, 1.165) is 37.6 Å². The molecule has 0 radical (unpaired) electrons. The summed E-state index contributed by atoms with van der Waals surface area (Å²) in [6, 6.07) is 13.7. The topological polar surface area (TPSA) is 69.2 Å². The number of nitrogens with one attached hydrogen (secondary N) is 2. The number of carbonyl (C=O) groups is 1. The molecule has 1 aliphatic rings. The molecular formula is C21H26FN5O2. The Balaban J connectivity index is 1.50. The Morgan fingerprint density at radius 3 is 2.45 bits per heavy atom. The summed E-state index contributed by atoms with van der Waals surface area (Å²) in [5.74, 6) is 0.985. The number of hydrogen-bond donors (Lipinski definition) is 2. The number of rotatable bonds is 5. The molecule has 154 valence electrons. The minimum absolute atomic E-state index is 0.0801. The Morgan fingerprint density at radius 1 is 1.10 bits per heavy atom. The van der Waals surface area contributed by atoms with Crippen molar-refractivity contribution in [2.75, 3.05) is 57.1 Å². The van der Waals surface area contributed by atoms with Crippen LogP contribution in [0.3, 0.4) is 0 Å². The van der Waals surface area contributed by atoms with Gasteiger partial charge in [0.2, 0.25) is 5.91 Å². The van der Waals surface area contributed by atoms with E-state index in [9.17, 15) is 9.18 Å². The number of guanidine groups is 1. The average Bonchev–Trinajstić information content (AvgIpc) is 2.76. The highest BCUT2D eigenvalue weighted by Crippen LogP contribution is 2.28. The minimum Gasteiger partial charge on any atom is -0.495 e. The number of halogens is 1. The van der Waals surface area contributed by atoms with Crippen LogP contribution in [0.4, 0.5) is 15.8 Å². The standard InChI is InChI=1S/C21H26FN5O2/c1-23-21(24-15-20(28)25-17-9-7-16(22)8-10-17)27-13-11-26(12-14-27)18-5-3-4-6-19(18)29-2/h3-10H,11-15H2,1-2H3,(H,23,24)(H,25,28). The first kappa shape index (κ1) is 20.4. The molecule has 29 heavy (non-hydrogen) atoms. The molecule has 0 saturated carbocycles. The Hall–Kier alpha value is -3.29. The van der Waals surface area contributed by atoms with Crippen LogP contribution in [0.2, 0.25) is 0 Å². The molecule has 0 unspecified atom stereocenters. The first-order valence-corrected chi connectivity index (χ1v) is 9.49. The van der Waals surface area contributed by atoms with Crippen LogP contribution in [-0.2, 0) is 4.79 Å². The van der Waals surface area contributed by atoms with Crippen LogP contribution in [0.1, 0.15) is 0 Å². The zero-order chi connectivity index (χ0) is 20.6. The van der Waals surface area contributed by atoms with Gasteiger partial charge in [-0.25, -0.2) is 4.39 Å². The van der Waals surface area contributed by atoms with Gasteiger partial charge in [-0.05, 0) is 36.4 Å². The van der Waals surface area contributed by atoms with Gasteiger partial charge in [0, 0.05) is 38.9 Å². The van der Waals surface area contributed by atoms with E-state index in [4.69, 9.17) is 4.74 Å². The highest BCUT2D eigenvalue weighted by Gasteiger charge is 2.21. The maximum atomic E-state index is 13.0. The van der Waals surface area contributed by atoms with E-state index in [2.05, 4.69) is 31.5 Å².